The summed E-state index contributed by atoms with van der Waals surface area (Å²) in [5.41, 5.74) is 1.36. The molecule has 0 radical (unpaired) electrons. The van der Waals surface area contributed by atoms with Gasteiger partial charge in [0.05, 0.1) is 18.8 Å². The SMILES string of the molecule is CCOP(=O)(OCC)c1c2ccccc2c(Cc2ccccc2)n1-c1cccc(C(F)(F)F)c1. The lowest BCUT2D eigenvalue weighted by molar-refractivity contribution is -0.137. The van der Waals surface area contributed by atoms with Crippen molar-refractivity contribution in [1.29, 1.82) is 0 Å². The number of fused-ring (bicyclic) bond motifs is 1. The van der Waals surface area contributed by atoms with Gasteiger partial charge in [-0.15, -0.1) is 0 Å². The Kier molecular flexibility index (Phi) is 6.99. The van der Waals surface area contributed by atoms with Crippen LogP contribution in [0.4, 0.5) is 13.2 Å². The van der Waals surface area contributed by atoms with Crippen molar-refractivity contribution >= 4 is 23.8 Å². The van der Waals surface area contributed by atoms with E-state index in [1.807, 2.05) is 42.5 Å². The molecule has 0 bridgehead atoms. The van der Waals surface area contributed by atoms with Gasteiger partial charge in [-0.05, 0) is 37.6 Å². The first-order chi connectivity index (χ1) is 16.3. The van der Waals surface area contributed by atoms with Crippen LogP contribution in [0.1, 0.15) is 30.7 Å². The van der Waals surface area contributed by atoms with Crippen molar-refractivity contribution < 1.29 is 26.8 Å². The molecule has 0 N–H and O–H groups in total. The van der Waals surface area contributed by atoms with Gasteiger partial charge in [-0.2, -0.15) is 13.2 Å². The van der Waals surface area contributed by atoms with E-state index < -0.39 is 19.3 Å². The van der Waals surface area contributed by atoms with E-state index in [4.69, 9.17) is 9.05 Å². The lowest BCUT2D eigenvalue weighted by Crippen LogP contribution is -2.22. The van der Waals surface area contributed by atoms with Crippen molar-refractivity contribution in [3.05, 3.63) is 95.7 Å². The summed E-state index contributed by atoms with van der Waals surface area (Å²) in [6, 6.07) is 22.0. The molecule has 1 heterocycles. The van der Waals surface area contributed by atoms with Crippen LogP contribution in [0.3, 0.4) is 0 Å². The number of rotatable bonds is 8. The topological polar surface area (TPSA) is 40.5 Å². The Labute approximate surface area is 196 Å². The second-order valence-electron chi connectivity index (χ2n) is 7.69. The van der Waals surface area contributed by atoms with Crippen molar-refractivity contribution in [2.45, 2.75) is 26.4 Å². The number of halogens is 3. The van der Waals surface area contributed by atoms with Crippen LogP contribution in [-0.2, 0) is 26.2 Å². The molecule has 0 spiro atoms. The van der Waals surface area contributed by atoms with Gasteiger partial charge in [-0.25, -0.2) is 0 Å². The predicted octanol–water partition coefficient (Wildman–Crippen LogP) is 7.13. The van der Waals surface area contributed by atoms with Crippen molar-refractivity contribution in [1.82, 2.24) is 4.57 Å². The molecule has 34 heavy (non-hydrogen) atoms. The van der Waals surface area contributed by atoms with Crippen LogP contribution in [-0.4, -0.2) is 17.8 Å². The second-order valence-corrected chi connectivity index (χ2v) is 9.63. The Hall–Kier alpha value is -2.86. The first-order valence-electron chi connectivity index (χ1n) is 11.0. The van der Waals surface area contributed by atoms with Gasteiger partial charge in [0.15, 0.2) is 0 Å². The molecule has 0 amide bonds. The van der Waals surface area contributed by atoms with Crippen LogP contribution < -0.4 is 5.44 Å². The highest BCUT2D eigenvalue weighted by atomic mass is 31.2. The average Bonchev–Trinajstić information content (AvgIpc) is 3.14. The normalized spacial score (nSPS) is 12.4. The minimum Gasteiger partial charge on any atom is -0.306 e. The standard InChI is InChI=1S/C26H25F3NO3P/c1-3-32-34(31,33-4-2)25-23-16-9-8-15-22(23)24(17-19-11-6-5-7-12-19)30(25)21-14-10-13-20(18-21)26(27,28)29/h5-16,18H,3-4,17H2,1-2H3. The molecule has 0 aliphatic heterocycles. The molecule has 0 atom stereocenters. The van der Waals surface area contributed by atoms with Crippen LogP contribution in [0.5, 0.6) is 0 Å². The third-order valence-corrected chi connectivity index (χ3v) is 7.62. The van der Waals surface area contributed by atoms with Gasteiger partial charge < -0.3 is 13.6 Å². The number of nitrogens with zero attached hydrogens (tertiary/aromatic N) is 1. The van der Waals surface area contributed by atoms with E-state index in [9.17, 15) is 17.7 Å². The number of hydrogen-bond donors (Lipinski definition) is 0. The molecule has 8 heteroatoms. The largest absolute Gasteiger partial charge is 0.416 e. The molecule has 3 aromatic carbocycles. The minimum absolute atomic E-state index is 0.118. The van der Waals surface area contributed by atoms with Crippen molar-refractivity contribution in [2.75, 3.05) is 13.2 Å². The van der Waals surface area contributed by atoms with Crippen LogP contribution in [0, 0.1) is 0 Å². The molecule has 0 aliphatic rings. The van der Waals surface area contributed by atoms with E-state index in [1.54, 1.807) is 36.6 Å². The van der Waals surface area contributed by atoms with E-state index in [1.165, 1.54) is 6.07 Å². The number of alkyl halides is 3. The molecule has 4 aromatic rings. The smallest absolute Gasteiger partial charge is 0.306 e. The van der Waals surface area contributed by atoms with Crippen LogP contribution >= 0.6 is 7.60 Å². The molecule has 0 saturated heterocycles. The fourth-order valence-electron chi connectivity index (χ4n) is 4.13. The van der Waals surface area contributed by atoms with Gasteiger partial charge in [0.1, 0.15) is 5.44 Å². The fraction of sp³-hybridized carbons (Fsp3) is 0.231. The highest BCUT2D eigenvalue weighted by molar-refractivity contribution is 7.62. The Morgan fingerprint density at radius 1 is 0.824 bits per heavy atom. The van der Waals surface area contributed by atoms with Crippen LogP contribution in [0.2, 0.25) is 0 Å². The quantitative estimate of drug-likeness (QED) is 0.248. The van der Waals surface area contributed by atoms with Crippen molar-refractivity contribution in [3.63, 3.8) is 0 Å². The highest BCUT2D eigenvalue weighted by Gasteiger charge is 2.37. The van der Waals surface area contributed by atoms with Gasteiger partial charge in [0, 0.05) is 28.6 Å². The molecular formula is C26H25F3NO3P. The molecule has 4 nitrogen and oxygen atoms in total. The van der Waals surface area contributed by atoms with Crippen LogP contribution in [0.25, 0.3) is 16.5 Å². The maximum absolute atomic E-state index is 14.1. The summed E-state index contributed by atoms with van der Waals surface area (Å²) in [4.78, 5) is 0. The summed E-state index contributed by atoms with van der Waals surface area (Å²) in [5.74, 6) is 0. The van der Waals surface area contributed by atoms with Crippen LogP contribution in [0.15, 0.2) is 78.9 Å². The molecule has 0 unspecified atom stereocenters. The maximum atomic E-state index is 14.1. The van der Waals surface area contributed by atoms with E-state index in [0.717, 1.165) is 23.1 Å². The fourth-order valence-corrected chi connectivity index (χ4v) is 6.10. The second kappa shape index (κ2) is 9.79. The molecular weight excluding hydrogens is 462 g/mol. The van der Waals surface area contributed by atoms with Gasteiger partial charge in [-0.3, -0.25) is 4.57 Å². The number of benzene rings is 3. The zero-order valence-electron chi connectivity index (χ0n) is 18.9. The number of hydrogen-bond acceptors (Lipinski definition) is 3. The van der Waals surface area contributed by atoms with Crippen molar-refractivity contribution in [3.8, 4) is 5.69 Å². The maximum Gasteiger partial charge on any atom is 0.416 e. The first kappa shape index (κ1) is 24.3. The Morgan fingerprint density at radius 2 is 1.44 bits per heavy atom. The number of aromatic nitrogens is 1. The van der Waals surface area contributed by atoms with Crippen molar-refractivity contribution in [2.24, 2.45) is 0 Å². The first-order valence-corrected chi connectivity index (χ1v) is 12.6. The Balaban J connectivity index is 2.09. The van der Waals surface area contributed by atoms with E-state index in [2.05, 4.69) is 0 Å². The average molecular weight is 487 g/mol. The van der Waals surface area contributed by atoms with Gasteiger partial charge in [0.2, 0.25) is 0 Å². The summed E-state index contributed by atoms with van der Waals surface area (Å²) in [6.07, 6.45) is -4.11. The van der Waals surface area contributed by atoms with Gasteiger partial charge in [-0.1, -0.05) is 60.7 Å². The summed E-state index contributed by atoms with van der Waals surface area (Å²) >= 11 is 0. The van der Waals surface area contributed by atoms with E-state index in [0.29, 0.717) is 17.5 Å². The predicted molar refractivity (Wildman–Crippen MR) is 128 cm³/mol. The summed E-state index contributed by atoms with van der Waals surface area (Å²) in [6.45, 7) is 3.65. The van der Waals surface area contributed by atoms with E-state index >= 15 is 0 Å². The Morgan fingerprint density at radius 3 is 2.06 bits per heavy atom. The Bertz CT molecular complexity index is 1320. The van der Waals surface area contributed by atoms with Gasteiger partial charge in [0.25, 0.3) is 0 Å². The molecule has 0 aliphatic carbocycles. The molecule has 178 valence electrons. The minimum atomic E-state index is -4.52. The molecule has 0 fully saturated rings. The monoisotopic (exact) mass is 487 g/mol. The third kappa shape index (κ3) is 4.69. The molecule has 0 saturated carbocycles. The molecule has 4 rings (SSSR count). The van der Waals surface area contributed by atoms with E-state index in [-0.39, 0.29) is 24.3 Å². The summed E-state index contributed by atoms with van der Waals surface area (Å²) in [7, 11) is -3.88. The third-order valence-electron chi connectivity index (χ3n) is 5.46. The summed E-state index contributed by atoms with van der Waals surface area (Å²) in [5, 5.41) is 1.40. The molecule has 1 aromatic heterocycles. The lowest BCUT2D eigenvalue weighted by atomic mass is 10.1. The lowest BCUT2D eigenvalue weighted by Gasteiger charge is -2.22. The van der Waals surface area contributed by atoms with Gasteiger partial charge >= 0.3 is 13.8 Å². The highest BCUT2D eigenvalue weighted by Crippen LogP contribution is 2.50. The summed E-state index contributed by atoms with van der Waals surface area (Å²) < 4.78 is 67.9. The zero-order chi connectivity index (χ0) is 24.3. The zero-order valence-corrected chi connectivity index (χ0v) is 19.8.